The first-order valence-corrected chi connectivity index (χ1v) is 7.81. The van der Waals surface area contributed by atoms with Crippen LogP contribution >= 0.6 is 0 Å². The van der Waals surface area contributed by atoms with Gasteiger partial charge in [-0.2, -0.15) is 0 Å². The lowest BCUT2D eigenvalue weighted by Gasteiger charge is -2.41. The largest absolute Gasteiger partial charge is 0.479 e. The number of rotatable bonds is 5. The summed E-state index contributed by atoms with van der Waals surface area (Å²) in [4.78, 5) is 25.6. The van der Waals surface area contributed by atoms with Gasteiger partial charge in [-0.3, -0.25) is 4.79 Å². The van der Waals surface area contributed by atoms with Gasteiger partial charge < -0.3 is 14.7 Å². The molecule has 1 N–H and O–H groups in total. The number of hydrogen-bond donors (Lipinski definition) is 1. The lowest BCUT2D eigenvalue weighted by Crippen LogP contribution is -2.58. The van der Waals surface area contributed by atoms with Crippen molar-refractivity contribution in [2.75, 3.05) is 7.05 Å². The number of carbonyl (C=O) groups is 2. The van der Waals surface area contributed by atoms with Crippen LogP contribution in [0.25, 0.3) is 0 Å². The maximum absolute atomic E-state index is 13.6. The lowest BCUT2D eigenvalue weighted by molar-refractivity contribution is -0.163. The van der Waals surface area contributed by atoms with Crippen LogP contribution in [0.4, 0.5) is 4.39 Å². The monoisotopic (exact) mass is 323 g/mol. The fourth-order valence-electron chi connectivity index (χ4n) is 3.09. The zero-order valence-corrected chi connectivity index (χ0v) is 13.4. The van der Waals surface area contributed by atoms with Gasteiger partial charge in [-0.1, -0.05) is 31.4 Å². The van der Waals surface area contributed by atoms with Gasteiger partial charge in [0.2, 0.25) is 0 Å². The first kappa shape index (κ1) is 17.2. The molecule has 1 aliphatic carbocycles. The highest BCUT2D eigenvalue weighted by molar-refractivity contribution is 5.89. The zero-order chi connectivity index (χ0) is 17.0. The highest BCUT2D eigenvalue weighted by atomic mass is 19.1. The highest BCUT2D eigenvalue weighted by Gasteiger charge is 2.46. The van der Waals surface area contributed by atoms with E-state index in [1.807, 2.05) is 0 Å². The summed E-state index contributed by atoms with van der Waals surface area (Å²) < 4.78 is 19.0. The van der Waals surface area contributed by atoms with Crippen LogP contribution in [0, 0.1) is 5.82 Å². The fraction of sp³-hybridized carbons (Fsp3) is 0.529. The standard InChI is InChI=1S/C17H22FNO4/c1-12(23-14-9-5-4-8-13(14)18)15(20)19(2)17(16(21)22)10-6-3-7-11-17/h4-5,8-9,12H,3,6-7,10-11H2,1-2H3,(H,21,22). The number of ether oxygens (including phenoxy) is 1. The molecule has 23 heavy (non-hydrogen) atoms. The molecule has 1 fully saturated rings. The maximum atomic E-state index is 13.6. The summed E-state index contributed by atoms with van der Waals surface area (Å²) in [6, 6.07) is 5.82. The average molecular weight is 323 g/mol. The molecule has 1 aromatic carbocycles. The van der Waals surface area contributed by atoms with Gasteiger partial charge in [0.15, 0.2) is 17.7 Å². The van der Waals surface area contributed by atoms with Crippen LogP contribution in [0.15, 0.2) is 24.3 Å². The maximum Gasteiger partial charge on any atom is 0.329 e. The average Bonchev–Trinajstić information content (AvgIpc) is 2.56. The van der Waals surface area contributed by atoms with Gasteiger partial charge in [-0.15, -0.1) is 0 Å². The van der Waals surface area contributed by atoms with Gasteiger partial charge in [0, 0.05) is 7.05 Å². The van der Waals surface area contributed by atoms with Crippen molar-refractivity contribution in [1.29, 1.82) is 0 Å². The van der Waals surface area contributed by atoms with E-state index in [0.29, 0.717) is 12.8 Å². The number of amides is 1. The number of likely N-dealkylation sites (N-methyl/N-ethyl adjacent to an activating group) is 1. The van der Waals surface area contributed by atoms with Crippen LogP contribution in [0.1, 0.15) is 39.0 Å². The predicted molar refractivity (Wildman–Crippen MR) is 82.7 cm³/mol. The Morgan fingerprint density at radius 1 is 1.26 bits per heavy atom. The molecule has 1 saturated carbocycles. The Labute approximate surface area is 135 Å². The summed E-state index contributed by atoms with van der Waals surface area (Å²) in [5.74, 6) is -2.03. The molecule has 0 aliphatic heterocycles. The van der Waals surface area contributed by atoms with E-state index < -0.39 is 29.3 Å². The number of halogens is 1. The number of hydrogen-bond acceptors (Lipinski definition) is 3. The Morgan fingerprint density at radius 3 is 2.43 bits per heavy atom. The van der Waals surface area contributed by atoms with Gasteiger partial charge in [0.1, 0.15) is 5.54 Å². The van der Waals surface area contributed by atoms with E-state index in [2.05, 4.69) is 0 Å². The van der Waals surface area contributed by atoms with Crippen molar-refractivity contribution in [3.05, 3.63) is 30.1 Å². The van der Waals surface area contributed by atoms with Gasteiger partial charge in [-0.25, -0.2) is 9.18 Å². The van der Waals surface area contributed by atoms with Crippen molar-refractivity contribution in [2.24, 2.45) is 0 Å². The molecule has 0 saturated heterocycles. The van der Waals surface area contributed by atoms with Crippen molar-refractivity contribution in [2.45, 2.75) is 50.7 Å². The Balaban J connectivity index is 2.14. The van der Waals surface area contributed by atoms with Gasteiger partial charge in [-0.05, 0) is 31.9 Å². The van der Waals surface area contributed by atoms with Gasteiger partial charge in [0.05, 0.1) is 0 Å². The summed E-state index contributed by atoms with van der Waals surface area (Å²) in [7, 11) is 1.49. The van der Waals surface area contributed by atoms with E-state index >= 15 is 0 Å². The molecule has 0 heterocycles. The summed E-state index contributed by atoms with van der Waals surface area (Å²) in [6.45, 7) is 1.50. The van der Waals surface area contributed by atoms with E-state index in [4.69, 9.17) is 4.74 Å². The molecule has 6 heteroatoms. The minimum atomic E-state index is -1.19. The van der Waals surface area contributed by atoms with E-state index in [0.717, 1.165) is 19.3 Å². The predicted octanol–water partition coefficient (Wildman–Crippen LogP) is 2.84. The van der Waals surface area contributed by atoms with Crippen molar-refractivity contribution >= 4 is 11.9 Å². The van der Waals surface area contributed by atoms with Gasteiger partial charge in [0.25, 0.3) is 5.91 Å². The van der Waals surface area contributed by atoms with E-state index in [1.54, 1.807) is 6.07 Å². The van der Waals surface area contributed by atoms with Crippen molar-refractivity contribution < 1.29 is 23.8 Å². The molecule has 0 radical (unpaired) electrons. The normalized spacial score (nSPS) is 18.0. The van der Waals surface area contributed by atoms with Crippen LogP contribution in [0.3, 0.4) is 0 Å². The van der Waals surface area contributed by atoms with Crippen molar-refractivity contribution in [3.63, 3.8) is 0 Å². The lowest BCUT2D eigenvalue weighted by atomic mass is 9.80. The van der Waals surface area contributed by atoms with E-state index in [9.17, 15) is 19.1 Å². The summed E-state index contributed by atoms with van der Waals surface area (Å²) in [5.41, 5.74) is -1.19. The molecule has 1 atom stereocenters. The summed E-state index contributed by atoms with van der Waals surface area (Å²) in [5, 5.41) is 9.63. The first-order chi connectivity index (χ1) is 10.9. The molecule has 0 bridgehead atoms. The fourth-order valence-corrected chi connectivity index (χ4v) is 3.09. The van der Waals surface area contributed by atoms with E-state index in [-0.39, 0.29) is 5.75 Å². The molecule has 1 unspecified atom stereocenters. The Morgan fingerprint density at radius 2 is 1.87 bits per heavy atom. The third-order valence-corrected chi connectivity index (χ3v) is 4.54. The molecule has 0 aromatic heterocycles. The minimum Gasteiger partial charge on any atom is -0.479 e. The number of carboxylic acid groups (broad SMARTS) is 1. The quantitative estimate of drug-likeness (QED) is 0.905. The number of carboxylic acids is 1. The molecule has 1 amide bonds. The summed E-state index contributed by atoms with van der Waals surface area (Å²) >= 11 is 0. The van der Waals surface area contributed by atoms with Crippen LogP contribution in [0.2, 0.25) is 0 Å². The third kappa shape index (κ3) is 3.46. The number of nitrogens with zero attached hydrogens (tertiary/aromatic N) is 1. The molecule has 1 aliphatic rings. The SMILES string of the molecule is CC(Oc1ccccc1F)C(=O)N(C)C1(C(=O)O)CCCCC1. The zero-order valence-electron chi connectivity index (χ0n) is 13.4. The number of aliphatic carboxylic acids is 1. The minimum absolute atomic E-state index is 0.0187. The molecule has 0 spiro atoms. The third-order valence-electron chi connectivity index (χ3n) is 4.54. The van der Waals surface area contributed by atoms with Crippen LogP contribution in [0.5, 0.6) is 5.75 Å². The van der Waals surface area contributed by atoms with E-state index in [1.165, 1.54) is 37.1 Å². The Kier molecular flexibility index (Phi) is 5.23. The topological polar surface area (TPSA) is 66.8 Å². The summed E-state index contributed by atoms with van der Waals surface area (Å²) in [6.07, 6.45) is 2.40. The van der Waals surface area contributed by atoms with Gasteiger partial charge >= 0.3 is 5.97 Å². The number of benzene rings is 1. The molecular formula is C17H22FNO4. The second kappa shape index (κ2) is 6.98. The first-order valence-electron chi connectivity index (χ1n) is 7.81. The molecule has 2 rings (SSSR count). The number of carbonyl (C=O) groups excluding carboxylic acids is 1. The molecular weight excluding hydrogens is 301 g/mol. The smallest absolute Gasteiger partial charge is 0.329 e. The van der Waals surface area contributed by atoms with Crippen molar-refractivity contribution in [3.8, 4) is 5.75 Å². The Hall–Kier alpha value is -2.11. The van der Waals surface area contributed by atoms with Crippen LogP contribution in [-0.4, -0.2) is 40.6 Å². The van der Waals surface area contributed by atoms with Crippen LogP contribution in [-0.2, 0) is 9.59 Å². The highest BCUT2D eigenvalue weighted by Crippen LogP contribution is 2.34. The second-order valence-electron chi connectivity index (χ2n) is 5.99. The Bertz CT molecular complexity index is 584. The molecule has 5 nitrogen and oxygen atoms in total. The van der Waals surface area contributed by atoms with Crippen molar-refractivity contribution in [1.82, 2.24) is 4.90 Å². The number of para-hydroxylation sites is 1. The second-order valence-corrected chi connectivity index (χ2v) is 5.99. The van der Waals surface area contributed by atoms with Crippen LogP contribution < -0.4 is 4.74 Å². The molecule has 126 valence electrons. The molecule has 1 aromatic rings.